The average molecular weight is 238 g/mol. The molecule has 1 saturated carbocycles. The van der Waals surface area contributed by atoms with Crippen LogP contribution in [-0.2, 0) is 11.2 Å². The maximum absolute atomic E-state index is 13.0. The van der Waals surface area contributed by atoms with Gasteiger partial charge in [-0.1, -0.05) is 6.07 Å². The van der Waals surface area contributed by atoms with Crippen molar-refractivity contribution >= 4 is 0 Å². The van der Waals surface area contributed by atoms with Crippen molar-refractivity contribution in [1.82, 2.24) is 0 Å². The van der Waals surface area contributed by atoms with Crippen molar-refractivity contribution in [3.05, 3.63) is 35.1 Å². The molecule has 0 spiro atoms. The Hall–Kier alpha value is -0.930. The monoisotopic (exact) mass is 238 g/mol. The lowest BCUT2D eigenvalue weighted by molar-refractivity contribution is -0.136. The molecule has 0 aliphatic heterocycles. The van der Waals surface area contributed by atoms with Crippen LogP contribution in [0, 0.1) is 12.7 Å². The summed E-state index contributed by atoms with van der Waals surface area (Å²) in [5, 5.41) is 10.3. The number of hydrogen-bond acceptors (Lipinski definition) is 2. The molecule has 0 aromatic heterocycles. The van der Waals surface area contributed by atoms with Gasteiger partial charge < -0.3 is 9.84 Å². The van der Waals surface area contributed by atoms with E-state index in [1.54, 1.807) is 6.07 Å². The summed E-state index contributed by atoms with van der Waals surface area (Å²) < 4.78 is 18.4. The lowest BCUT2D eigenvalue weighted by Crippen LogP contribution is -2.50. The second kappa shape index (κ2) is 4.75. The van der Waals surface area contributed by atoms with Crippen molar-refractivity contribution in [3.8, 4) is 0 Å². The van der Waals surface area contributed by atoms with E-state index in [4.69, 9.17) is 4.74 Å². The van der Waals surface area contributed by atoms with Crippen LogP contribution in [0.1, 0.15) is 30.9 Å². The highest BCUT2D eigenvalue weighted by Crippen LogP contribution is 2.37. The summed E-state index contributed by atoms with van der Waals surface area (Å²) in [5.74, 6) is -0.223. The molecule has 1 aromatic rings. The van der Waals surface area contributed by atoms with E-state index in [1.807, 2.05) is 13.8 Å². The fourth-order valence-electron chi connectivity index (χ4n) is 2.50. The summed E-state index contributed by atoms with van der Waals surface area (Å²) in [6, 6.07) is 4.72. The molecule has 0 saturated heterocycles. The molecule has 1 N–H and O–H groups in total. The predicted molar refractivity (Wildman–Crippen MR) is 64.4 cm³/mol. The summed E-state index contributed by atoms with van der Waals surface area (Å²) in [4.78, 5) is 0. The van der Waals surface area contributed by atoms with Gasteiger partial charge in [0.25, 0.3) is 0 Å². The highest BCUT2D eigenvalue weighted by Gasteiger charge is 2.43. The Balaban J connectivity index is 1.98. The maximum atomic E-state index is 13.0. The van der Waals surface area contributed by atoms with Crippen molar-refractivity contribution in [1.29, 1.82) is 0 Å². The Labute approximate surface area is 101 Å². The number of aliphatic hydroxyl groups is 1. The highest BCUT2D eigenvalue weighted by atomic mass is 19.1. The van der Waals surface area contributed by atoms with Crippen molar-refractivity contribution in [2.24, 2.45) is 0 Å². The van der Waals surface area contributed by atoms with Crippen LogP contribution in [-0.4, -0.2) is 23.4 Å². The Bertz CT molecular complexity index is 397. The normalized spacial score (nSPS) is 27.9. The summed E-state index contributed by atoms with van der Waals surface area (Å²) in [6.45, 7) is 4.53. The van der Waals surface area contributed by atoms with Crippen LogP contribution in [0.2, 0.25) is 0 Å². The maximum Gasteiger partial charge on any atom is 0.123 e. The third-order valence-corrected chi connectivity index (χ3v) is 3.44. The Kier molecular flexibility index (Phi) is 3.50. The van der Waals surface area contributed by atoms with Crippen LogP contribution in [0.15, 0.2) is 18.2 Å². The van der Waals surface area contributed by atoms with E-state index in [9.17, 15) is 9.50 Å². The predicted octanol–water partition coefficient (Wildman–Crippen LogP) is 2.61. The van der Waals surface area contributed by atoms with Crippen molar-refractivity contribution in [2.45, 2.75) is 44.8 Å². The van der Waals surface area contributed by atoms with Gasteiger partial charge in [0.15, 0.2) is 0 Å². The minimum absolute atomic E-state index is 0.186. The first kappa shape index (κ1) is 12.5. The molecule has 0 atom stereocenters. The molecule has 0 unspecified atom stereocenters. The third kappa shape index (κ3) is 2.85. The van der Waals surface area contributed by atoms with E-state index in [0.717, 1.165) is 11.1 Å². The van der Waals surface area contributed by atoms with Crippen LogP contribution in [0.3, 0.4) is 0 Å². The summed E-state index contributed by atoms with van der Waals surface area (Å²) >= 11 is 0. The summed E-state index contributed by atoms with van der Waals surface area (Å²) in [5.41, 5.74) is 1.25. The van der Waals surface area contributed by atoms with Gasteiger partial charge in [-0.25, -0.2) is 4.39 Å². The first-order valence-corrected chi connectivity index (χ1v) is 6.11. The highest BCUT2D eigenvalue weighted by molar-refractivity contribution is 5.28. The van der Waals surface area contributed by atoms with Crippen molar-refractivity contribution in [3.63, 3.8) is 0 Å². The largest absolute Gasteiger partial charge is 0.389 e. The van der Waals surface area contributed by atoms with Crippen LogP contribution < -0.4 is 0 Å². The van der Waals surface area contributed by atoms with Crippen molar-refractivity contribution in [2.75, 3.05) is 6.61 Å². The van der Waals surface area contributed by atoms with E-state index < -0.39 is 5.60 Å². The fourth-order valence-corrected chi connectivity index (χ4v) is 2.50. The smallest absolute Gasteiger partial charge is 0.123 e. The van der Waals surface area contributed by atoms with Crippen LogP contribution in [0.5, 0.6) is 0 Å². The molecule has 0 amide bonds. The van der Waals surface area contributed by atoms with Crippen LogP contribution >= 0.6 is 0 Å². The first-order valence-electron chi connectivity index (χ1n) is 6.11. The van der Waals surface area contributed by atoms with Gasteiger partial charge in [0.05, 0.1) is 11.7 Å². The molecule has 1 aliphatic rings. The van der Waals surface area contributed by atoms with Crippen LogP contribution in [0.4, 0.5) is 4.39 Å². The average Bonchev–Trinajstić information content (AvgIpc) is 2.21. The molecule has 0 heterocycles. The van der Waals surface area contributed by atoms with Gasteiger partial charge in [-0.3, -0.25) is 0 Å². The molecule has 0 bridgehead atoms. The fraction of sp³-hybridized carbons (Fsp3) is 0.571. The van der Waals surface area contributed by atoms with E-state index in [-0.39, 0.29) is 11.9 Å². The van der Waals surface area contributed by atoms with Crippen LogP contribution in [0.25, 0.3) is 0 Å². The topological polar surface area (TPSA) is 29.5 Å². The molecule has 17 heavy (non-hydrogen) atoms. The van der Waals surface area contributed by atoms with Gasteiger partial charge in [-0.2, -0.15) is 0 Å². The quantitative estimate of drug-likeness (QED) is 0.873. The number of benzene rings is 1. The number of ether oxygens (including phenoxy) is 1. The second-order valence-electron chi connectivity index (χ2n) is 4.96. The third-order valence-electron chi connectivity index (χ3n) is 3.44. The summed E-state index contributed by atoms with van der Waals surface area (Å²) in [7, 11) is 0. The van der Waals surface area contributed by atoms with Gasteiger partial charge in [-0.05, 0) is 37.1 Å². The van der Waals surface area contributed by atoms with Gasteiger partial charge in [0.2, 0.25) is 0 Å². The minimum Gasteiger partial charge on any atom is -0.389 e. The van der Waals surface area contributed by atoms with Gasteiger partial charge >= 0.3 is 0 Å². The molecule has 94 valence electrons. The zero-order chi connectivity index (χ0) is 12.5. The first-order chi connectivity index (χ1) is 8.02. The lowest BCUT2D eigenvalue weighted by Gasteiger charge is -2.43. The van der Waals surface area contributed by atoms with Gasteiger partial charge in [-0.15, -0.1) is 0 Å². The zero-order valence-electron chi connectivity index (χ0n) is 10.4. The molecule has 2 nitrogen and oxygen atoms in total. The number of halogens is 1. The number of aryl methyl sites for hydroxylation is 1. The van der Waals surface area contributed by atoms with E-state index in [2.05, 4.69) is 0 Å². The van der Waals surface area contributed by atoms with Crippen molar-refractivity contribution < 1.29 is 14.2 Å². The van der Waals surface area contributed by atoms with E-state index in [1.165, 1.54) is 12.1 Å². The molecular formula is C14H19FO2. The Morgan fingerprint density at radius 3 is 2.76 bits per heavy atom. The second-order valence-corrected chi connectivity index (χ2v) is 4.96. The molecule has 1 aliphatic carbocycles. The van der Waals surface area contributed by atoms with E-state index >= 15 is 0 Å². The molecule has 1 aromatic carbocycles. The molecule has 3 heteroatoms. The minimum atomic E-state index is -0.664. The summed E-state index contributed by atoms with van der Waals surface area (Å²) in [6.07, 6.45) is 2.13. The zero-order valence-corrected chi connectivity index (χ0v) is 10.4. The Morgan fingerprint density at radius 1 is 1.47 bits per heavy atom. The molecular weight excluding hydrogens is 219 g/mol. The Morgan fingerprint density at radius 2 is 2.18 bits per heavy atom. The standard InChI is InChI=1S/C14H19FO2/c1-3-17-13-8-14(16,9-13)7-11-4-5-12(15)6-10(11)2/h4-6,13,16H,3,7-9H2,1-2H3. The molecule has 1 fully saturated rings. The van der Waals surface area contributed by atoms with Gasteiger partial charge in [0, 0.05) is 25.9 Å². The van der Waals surface area contributed by atoms with E-state index in [0.29, 0.717) is 25.9 Å². The molecule has 2 rings (SSSR count). The van der Waals surface area contributed by atoms with Gasteiger partial charge in [0.1, 0.15) is 5.82 Å². The number of hydrogen-bond donors (Lipinski definition) is 1. The SMILES string of the molecule is CCOC1CC(O)(Cc2ccc(F)cc2C)C1. The molecule has 0 radical (unpaired) electrons. The lowest BCUT2D eigenvalue weighted by atomic mass is 9.73. The number of rotatable bonds is 4.